The van der Waals surface area contributed by atoms with E-state index in [1.165, 1.54) is 43.2 Å². The van der Waals surface area contributed by atoms with Gasteiger partial charge in [0.25, 0.3) is 0 Å². The van der Waals surface area contributed by atoms with Crippen LogP contribution in [0.4, 0.5) is 0 Å². The van der Waals surface area contributed by atoms with Crippen LogP contribution in [0.5, 0.6) is 0 Å². The highest BCUT2D eigenvalue weighted by molar-refractivity contribution is 7.47. The Kier molecular flexibility index (Phi) is 26.4. The molecule has 55 heavy (non-hydrogen) atoms. The van der Waals surface area contributed by atoms with Crippen molar-refractivity contribution < 1.29 is 46.4 Å². The first-order valence-electron chi connectivity index (χ1n) is 21.4. The third-order valence-electron chi connectivity index (χ3n) is 9.73. The minimum Gasteiger partial charge on any atom is -0.466 e. The molecule has 0 spiro atoms. The Morgan fingerprint density at radius 3 is 1.55 bits per heavy atom. The molecule has 2 rings (SSSR count). The lowest BCUT2D eigenvalue weighted by Gasteiger charge is -2.19. The molecule has 3 N–H and O–H groups in total. The molecule has 0 amide bonds. The number of phosphoric ester groups is 1. The number of furan rings is 2. The molecule has 0 aliphatic rings. The Morgan fingerprint density at radius 2 is 1.09 bits per heavy atom. The smallest absolute Gasteiger partial charge is 0.466 e. The third-order valence-corrected chi connectivity index (χ3v) is 10.7. The Labute approximate surface area is 331 Å². The molecular formula is C43H74NO10P. The number of hydrogen-bond acceptors (Lipinski definition) is 10. The van der Waals surface area contributed by atoms with E-state index in [4.69, 9.17) is 33.1 Å². The zero-order valence-electron chi connectivity index (χ0n) is 34.7. The molecule has 0 saturated carbocycles. The van der Waals surface area contributed by atoms with Gasteiger partial charge in [-0.15, -0.1) is 0 Å². The molecule has 0 saturated heterocycles. The van der Waals surface area contributed by atoms with Crippen molar-refractivity contribution in [2.45, 2.75) is 188 Å². The number of unbranched alkanes of at least 4 members (excludes halogenated alkanes) is 14. The molecular weight excluding hydrogens is 721 g/mol. The Balaban J connectivity index is 1.56. The van der Waals surface area contributed by atoms with Gasteiger partial charge in [0.1, 0.15) is 29.6 Å². The van der Waals surface area contributed by atoms with Gasteiger partial charge in [-0.05, 0) is 75.6 Å². The normalized spacial score (nSPS) is 13.2. The maximum Gasteiger partial charge on any atom is 0.472 e. The molecule has 2 aromatic rings. The Morgan fingerprint density at radius 1 is 0.655 bits per heavy atom. The fourth-order valence-corrected chi connectivity index (χ4v) is 7.41. The van der Waals surface area contributed by atoms with Crippen LogP contribution in [-0.4, -0.2) is 49.3 Å². The van der Waals surface area contributed by atoms with Crippen LogP contribution in [0.3, 0.4) is 0 Å². The molecule has 1 unspecified atom stereocenters. The lowest BCUT2D eigenvalue weighted by atomic mass is 10.1. The van der Waals surface area contributed by atoms with Gasteiger partial charge in [-0.1, -0.05) is 90.9 Å². The topological polar surface area (TPSA) is 161 Å². The summed E-state index contributed by atoms with van der Waals surface area (Å²) in [7, 11) is -4.39. The fourth-order valence-electron chi connectivity index (χ4n) is 6.65. The first kappa shape index (κ1) is 48.7. The summed E-state index contributed by atoms with van der Waals surface area (Å²) in [5.41, 5.74) is 7.88. The molecule has 11 nitrogen and oxygen atoms in total. The second-order valence-corrected chi connectivity index (χ2v) is 16.4. The fraction of sp³-hybridized carbons (Fsp3) is 0.767. The second-order valence-electron chi connectivity index (χ2n) is 15.0. The summed E-state index contributed by atoms with van der Waals surface area (Å²) < 4.78 is 44.8. The van der Waals surface area contributed by atoms with Gasteiger partial charge in [0.15, 0.2) is 6.10 Å². The van der Waals surface area contributed by atoms with Crippen LogP contribution in [0.15, 0.2) is 21.0 Å². The predicted octanol–water partition coefficient (Wildman–Crippen LogP) is 10.7. The van der Waals surface area contributed by atoms with Gasteiger partial charge >= 0.3 is 19.8 Å². The van der Waals surface area contributed by atoms with E-state index in [2.05, 4.69) is 39.8 Å². The Bertz CT molecular complexity index is 1350. The number of rotatable bonds is 35. The molecule has 0 aliphatic carbocycles. The van der Waals surface area contributed by atoms with Crippen LogP contribution in [0.1, 0.15) is 176 Å². The van der Waals surface area contributed by atoms with Crippen molar-refractivity contribution in [3.05, 3.63) is 46.3 Å². The standard InChI is InChI=1S/C43H74NO10P/c1-5-23-37-31-35(3)40(52-37)25-19-15-11-7-9-13-17-21-27-42(45)49-33-39(34-51-55(47,48)50-30-29-44)54-43(46)28-22-18-14-10-8-12-16-20-26-41-36(4)32-38(53-41)24-6-2/h31-32,39H,5-30,33-34,44H2,1-4H3,(H,47,48)/t39-/m1/s1. The van der Waals surface area contributed by atoms with Crippen LogP contribution in [0.25, 0.3) is 0 Å². The molecule has 2 heterocycles. The van der Waals surface area contributed by atoms with Gasteiger partial charge in [-0.3, -0.25) is 18.6 Å². The maximum atomic E-state index is 12.6. The van der Waals surface area contributed by atoms with Gasteiger partial charge in [-0.2, -0.15) is 0 Å². The minimum absolute atomic E-state index is 0.0431. The van der Waals surface area contributed by atoms with E-state index in [-0.39, 0.29) is 32.6 Å². The molecule has 316 valence electrons. The number of hydrogen-bond donors (Lipinski definition) is 2. The highest BCUT2D eigenvalue weighted by Crippen LogP contribution is 2.43. The molecule has 2 aromatic heterocycles. The number of carbonyl (C=O) groups is 2. The number of aryl methyl sites for hydroxylation is 6. The van der Waals surface area contributed by atoms with Crippen molar-refractivity contribution in [3.63, 3.8) is 0 Å². The van der Waals surface area contributed by atoms with E-state index in [0.717, 1.165) is 119 Å². The van der Waals surface area contributed by atoms with Crippen LogP contribution < -0.4 is 5.73 Å². The molecule has 2 atom stereocenters. The van der Waals surface area contributed by atoms with Crippen LogP contribution >= 0.6 is 7.82 Å². The number of ether oxygens (including phenoxy) is 2. The van der Waals surface area contributed by atoms with E-state index in [9.17, 15) is 19.0 Å². The van der Waals surface area contributed by atoms with E-state index in [1.807, 2.05) is 0 Å². The van der Waals surface area contributed by atoms with Crippen molar-refractivity contribution in [1.82, 2.24) is 0 Å². The molecule has 0 aliphatic heterocycles. The lowest BCUT2D eigenvalue weighted by molar-refractivity contribution is -0.161. The van der Waals surface area contributed by atoms with E-state index >= 15 is 0 Å². The molecule has 0 aromatic carbocycles. The zero-order valence-corrected chi connectivity index (χ0v) is 35.6. The van der Waals surface area contributed by atoms with Gasteiger partial charge in [0.2, 0.25) is 0 Å². The summed E-state index contributed by atoms with van der Waals surface area (Å²) in [5.74, 6) is 3.59. The average Bonchev–Trinajstić information content (AvgIpc) is 3.69. The van der Waals surface area contributed by atoms with Crippen LogP contribution in [0, 0.1) is 13.8 Å². The first-order valence-corrected chi connectivity index (χ1v) is 22.9. The van der Waals surface area contributed by atoms with E-state index in [1.54, 1.807) is 0 Å². The van der Waals surface area contributed by atoms with Crippen molar-refractivity contribution in [2.24, 2.45) is 5.73 Å². The van der Waals surface area contributed by atoms with Crippen LogP contribution in [-0.2, 0) is 58.4 Å². The van der Waals surface area contributed by atoms with Gasteiger partial charge < -0.3 is 28.9 Å². The lowest BCUT2D eigenvalue weighted by Crippen LogP contribution is -2.29. The average molecular weight is 796 g/mol. The van der Waals surface area contributed by atoms with E-state index < -0.39 is 32.5 Å². The van der Waals surface area contributed by atoms with E-state index in [0.29, 0.717) is 12.8 Å². The first-order chi connectivity index (χ1) is 26.6. The van der Waals surface area contributed by atoms with Crippen molar-refractivity contribution in [3.8, 4) is 0 Å². The summed E-state index contributed by atoms with van der Waals surface area (Å²) in [6.07, 6.45) is 22.5. The number of carbonyl (C=O) groups excluding carboxylic acids is 2. The summed E-state index contributed by atoms with van der Waals surface area (Å²) >= 11 is 0. The quantitative estimate of drug-likeness (QED) is 0.0388. The van der Waals surface area contributed by atoms with Crippen molar-refractivity contribution in [2.75, 3.05) is 26.4 Å². The second kappa shape index (κ2) is 29.8. The summed E-state index contributed by atoms with van der Waals surface area (Å²) in [4.78, 5) is 35.0. The summed E-state index contributed by atoms with van der Waals surface area (Å²) in [6, 6.07) is 4.35. The van der Waals surface area contributed by atoms with Gasteiger partial charge in [-0.25, -0.2) is 4.57 Å². The largest absolute Gasteiger partial charge is 0.472 e. The highest BCUT2D eigenvalue weighted by Gasteiger charge is 2.26. The molecule has 0 radical (unpaired) electrons. The predicted molar refractivity (Wildman–Crippen MR) is 217 cm³/mol. The SMILES string of the molecule is CCCc1cc(C)c(CCCCCCCCCCC(=O)OC[C@H](COP(=O)(O)OCCN)OC(=O)CCCCCCCCCCc2oc(CCC)cc2C)o1. The maximum absolute atomic E-state index is 12.6. The van der Waals surface area contributed by atoms with Crippen molar-refractivity contribution in [1.29, 1.82) is 0 Å². The number of esters is 2. The third kappa shape index (κ3) is 23.4. The van der Waals surface area contributed by atoms with Crippen LogP contribution in [0.2, 0.25) is 0 Å². The Hall–Kier alpha value is -2.43. The molecule has 0 fully saturated rings. The zero-order chi connectivity index (χ0) is 40.2. The molecule has 0 bridgehead atoms. The monoisotopic (exact) mass is 796 g/mol. The summed E-state index contributed by atoms with van der Waals surface area (Å²) in [6.45, 7) is 7.76. The highest BCUT2D eigenvalue weighted by atomic mass is 31.2. The number of nitrogens with two attached hydrogens (primary N) is 1. The van der Waals surface area contributed by atoms with Gasteiger partial charge in [0, 0.05) is 45.1 Å². The van der Waals surface area contributed by atoms with Crippen molar-refractivity contribution >= 4 is 19.8 Å². The summed E-state index contributed by atoms with van der Waals surface area (Å²) in [5, 5.41) is 0. The number of phosphoric acid groups is 1. The molecule has 12 heteroatoms. The minimum atomic E-state index is -4.39. The van der Waals surface area contributed by atoms with Gasteiger partial charge in [0.05, 0.1) is 13.2 Å².